The minimum absolute atomic E-state index is 0.319. The van der Waals surface area contributed by atoms with Crippen molar-refractivity contribution in [3.05, 3.63) is 58.4 Å². The first-order valence-electron chi connectivity index (χ1n) is 7.86. The Kier molecular flexibility index (Phi) is 5.56. The van der Waals surface area contributed by atoms with E-state index in [2.05, 4.69) is 5.32 Å². The Morgan fingerprint density at radius 2 is 1.92 bits per heavy atom. The molecule has 1 aliphatic heterocycles. The highest BCUT2D eigenvalue weighted by molar-refractivity contribution is 6.32. The summed E-state index contributed by atoms with van der Waals surface area (Å²) in [7, 11) is 0. The summed E-state index contributed by atoms with van der Waals surface area (Å²) >= 11 is 6.25. The topological polar surface area (TPSA) is 50.7 Å². The summed E-state index contributed by atoms with van der Waals surface area (Å²) in [4.78, 5) is 0. The summed E-state index contributed by atoms with van der Waals surface area (Å²) in [5.41, 5.74) is 1.61. The molecule has 1 aliphatic rings. The number of aliphatic hydroxyl groups excluding tert-OH is 1. The van der Waals surface area contributed by atoms with Crippen LogP contribution in [0.4, 0.5) is 4.39 Å². The van der Waals surface area contributed by atoms with Crippen LogP contribution in [0.2, 0.25) is 5.02 Å². The van der Waals surface area contributed by atoms with E-state index >= 15 is 0 Å². The Morgan fingerprint density at radius 3 is 2.71 bits per heavy atom. The van der Waals surface area contributed by atoms with Gasteiger partial charge in [-0.25, -0.2) is 4.39 Å². The summed E-state index contributed by atoms with van der Waals surface area (Å²) in [6, 6.07) is 9.54. The maximum Gasteiger partial charge on any atom is 0.179 e. The molecule has 4 nitrogen and oxygen atoms in total. The molecule has 0 aromatic heterocycles. The summed E-state index contributed by atoms with van der Waals surface area (Å²) in [5.74, 6) is 0.917. The van der Waals surface area contributed by atoms with Gasteiger partial charge in [0.2, 0.25) is 0 Å². The highest BCUT2D eigenvalue weighted by Crippen LogP contribution is 2.37. The normalized spacial score (nSPS) is 15.0. The van der Waals surface area contributed by atoms with Crippen LogP contribution in [0.15, 0.2) is 36.4 Å². The van der Waals surface area contributed by atoms with Crippen molar-refractivity contribution in [2.45, 2.75) is 19.1 Å². The van der Waals surface area contributed by atoms with Crippen molar-refractivity contribution in [1.29, 1.82) is 0 Å². The third-order valence-corrected chi connectivity index (χ3v) is 4.06. The number of nitrogens with one attached hydrogen (secondary N) is 1. The van der Waals surface area contributed by atoms with Gasteiger partial charge in [0.25, 0.3) is 0 Å². The summed E-state index contributed by atoms with van der Waals surface area (Å²) in [6.45, 7) is 2.06. The molecule has 1 atom stereocenters. The number of aliphatic hydroxyl groups is 1. The SMILES string of the molecule is OC(CNCc1cc(Cl)c2c(c1)OCCCO2)c1ccc(F)cc1. The average Bonchev–Trinajstić information content (AvgIpc) is 2.81. The fourth-order valence-electron chi connectivity index (χ4n) is 2.54. The molecule has 2 aromatic rings. The van der Waals surface area contributed by atoms with E-state index in [1.807, 2.05) is 12.1 Å². The van der Waals surface area contributed by atoms with Crippen LogP contribution in [0.25, 0.3) is 0 Å². The van der Waals surface area contributed by atoms with E-state index in [9.17, 15) is 9.50 Å². The van der Waals surface area contributed by atoms with Gasteiger partial charge in [-0.2, -0.15) is 0 Å². The predicted molar refractivity (Wildman–Crippen MR) is 90.1 cm³/mol. The lowest BCUT2D eigenvalue weighted by atomic mass is 10.1. The summed E-state index contributed by atoms with van der Waals surface area (Å²) in [5, 5.41) is 13.8. The third-order valence-electron chi connectivity index (χ3n) is 3.78. The van der Waals surface area contributed by atoms with Crippen molar-refractivity contribution in [3.8, 4) is 11.5 Å². The van der Waals surface area contributed by atoms with E-state index in [4.69, 9.17) is 21.1 Å². The first-order chi connectivity index (χ1) is 11.6. The van der Waals surface area contributed by atoms with Gasteiger partial charge in [-0.05, 0) is 35.4 Å². The zero-order valence-corrected chi connectivity index (χ0v) is 13.9. The van der Waals surface area contributed by atoms with Crippen LogP contribution in [0.3, 0.4) is 0 Å². The first-order valence-corrected chi connectivity index (χ1v) is 8.23. The largest absolute Gasteiger partial charge is 0.489 e. The number of halogens is 2. The molecule has 2 aromatic carbocycles. The van der Waals surface area contributed by atoms with Crippen LogP contribution < -0.4 is 14.8 Å². The van der Waals surface area contributed by atoms with Crippen molar-refractivity contribution < 1.29 is 19.0 Å². The number of rotatable bonds is 5. The number of ether oxygens (including phenoxy) is 2. The number of benzene rings is 2. The molecule has 6 heteroatoms. The van der Waals surface area contributed by atoms with Crippen molar-refractivity contribution in [2.75, 3.05) is 19.8 Å². The van der Waals surface area contributed by atoms with Crippen LogP contribution in [0.1, 0.15) is 23.7 Å². The standard InChI is InChI=1S/C18H19ClFNO3/c19-15-8-12(9-17-18(15)24-7-1-6-23-17)10-21-11-16(22)13-2-4-14(20)5-3-13/h2-5,8-9,16,21-22H,1,6-7,10-11H2. The van der Waals surface area contributed by atoms with Crippen LogP contribution in [-0.4, -0.2) is 24.9 Å². The van der Waals surface area contributed by atoms with E-state index in [1.165, 1.54) is 12.1 Å². The van der Waals surface area contributed by atoms with E-state index in [0.29, 0.717) is 48.4 Å². The highest BCUT2D eigenvalue weighted by Gasteiger charge is 2.15. The zero-order chi connectivity index (χ0) is 16.9. The maximum absolute atomic E-state index is 12.9. The molecule has 0 fully saturated rings. The van der Waals surface area contributed by atoms with Crippen molar-refractivity contribution in [1.82, 2.24) is 5.32 Å². The molecule has 128 valence electrons. The quantitative estimate of drug-likeness (QED) is 0.866. The lowest BCUT2D eigenvalue weighted by Crippen LogP contribution is -2.21. The Hall–Kier alpha value is -1.82. The lowest BCUT2D eigenvalue weighted by molar-refractivity contribution is 0.174. The third kappa shape index (κ3) is 4.17. The van der Waals surface area contributed by atoms with Crippen LogP contribution in [-0.2, 0) is 6.54 Å². The van der Waals surface area contributed by atoms with Gasteiger partial charge >= 0.3 is 0 Å². The number of hydrogen-bond donors (Lipinski definition) is 2. The molecule has 0 saturated carbocycles. The highest BCUT2D eigenvalue weighted by atomic mass is 35.5. The van der Waals surface area contributed by atoms with Gasteiger partial charge in [-0.1, -0.05) is 23.7 Å². The molecule has 3 rings (SSSR count). The molecule has 0 aliphatic carbocycles. The second-order valence-electron chi connectivity index (χ2n) is 5.65. The molecule has 0 amide bonds. The summed E-state index contributed by atoms with van der Waals surface area (Å²) < 4.78 is 24.1. The van der Waals surface area contributed by atoms with Crippen LogP contribution in [0, 0.1) is 5.82 Å². The monoisotopic (exact) mass is 351 g/mol. The molecule has 0 radical (unpaired) electrons. The minimum Gasteiger partial charge on any atom is -0.489 e. The number of fused-ring (bicyclic) bond motifs is 1. The molecule has 0 spiro atoms. The Labute approximate surface area is 145 Å². The fourth-order valence-corrected chi connectivity index (χ4v) is 2.83. The maximum atomic E-state index is 12.9. The second kappa shape index (κ2) is 7.83. The first kappa shape index (κ1) is 17.0. The molecule has 1 heterocycles. The van der Waals surface area contributed by atoms with E-state index in [0.717, 1.165) is 12.0 Å². The van der Waals surface area contributed by atoms with Gasteiger partial charge in [0, 0.05) is 19.5 Å². The molecule has 1 unspecified atom stereocenters. The zero-order valence-electron chi connectivity index (χ0n) is 13.1. The van der Waals surface area contributed by atoms with Crippen molar-refractivity contribution in [2.24, 2.45) is 0 Å². The van der Waals surface area contributed by atoms with Gasteiger partial charge in [0.1, 0.15) is 5.82 Å². The van der Waals surface area contributed by atoms with Crippen molar-refractivity contribution >= 4 is 11.6 Å². The predicted octanol–water partition coefficient (Wildman–Crippen LogP) is 3.46. The Balaban J connectivity index is 1.59. The molecule has 0 bridgehead atoms. The van der Waals surface area contributed by atoms with Gasteiger partial charge in [-0.15, -0.1) is 0 Å². The molecule has 0 saturated heterocycles. The average molecular weight is 352 g/mol. The van der Waals surface area contributed by atoms with Crippen LogP contribution >= 0.6 is 11.6 Å². The molecular formula is C18H19ClFNO3. The van der Waals surface area contributed by atoms with Gasteiger partial charge in [0.05, 0.1) is 24.3 Å². The van der Waals surface area contributed by atoms with E-state index < -0.39 is 6.10 Å². The summed E-state index contributed by atoms with van der Waals surface area (Å²) in [6.07, 6.45) is 0.115. The Bertz CT molecular complexity index is 693. The van der Waals surface area contributed by atoms with Gasteiger partial charge < -0.3 is 19.9 Å². The fraction of sp³-hybridized carbons (Fsp3) is 0.333. The van der Waals surface area contributed by atoms with E-state index in [-0.39, 0.29) is 5.82 Å². The second-order valence-corrected chi connectivity index (χ2v) is 6.06. The Morgan fingerprint density at radius 1 is 1.17 bits per heavy atom. The molecule has 2 N–H and O–H groups in total. The van der Waals surface area contributed by atoms with Crippen LogP contribution in [0.5, 0.6) is 11.5 Å². The van der Waals surface area contributed by atoms with Gasteiger partial charge in [-0.3, -0.25) is 0 Å². The van der Waals surface area contributed by atoms with Gasteiger partial charge in [0.15, 0.2) is 11.5 Å². The minimum atomic E-state index is -0.707. The molecule has 24 heavy (non-hydrogen) atoms. The smallest absolute Gasteiger partial charge is 0.179 e. The van der Waals surface area contributed by atoms with E-state index in [1.54, 1.807) is 12.1 Å². The van der Waals surface area contributed by atoms with Crippen molar-refractivity contribution in [3.63, 3.8) is 0 Å². The lowest BCUT2D eigenvalue weighted by Gasteiger charge is -2.14. The number of hydrogen-bond acceptors (Lipinski definition) is 4. The molecular weight excluding hydrogens is 333 g/mol.